The SMILES string of the molecule is C[C@]12CC[C@H](O)C[C@H]1C[C@H](O)[C@@H]1[C@@H]2CC[C@]2(C)C(O)=CC[C@@H]12. The number of fused-ring (bicyclic) bond motifs is 5. The average Bonchev–Trinajstić information content (AvgIpc) is 2.77. The van der Waals surface area contributed by atoms with Crippen LogP contribution in [0.3, 0.4) is 0 Å². The van der Waals surface area contributed by atoms with Gasteiger partial charge < -0.3 is 15.3 Å². The summed E-state index contributed by atoms with van der Waals surface area (Å²) in [5.41, 5.74) is 0.155. The van der Waals surface area contributed by atoms with Gasteiger partial charge in [-0.1, -0.05) is 13.8 Å². The highest BCUT2D eigenvalue weighted by molar-refractivity contribution is 5.21. The van der Waals surface area contributed by atoms with Gasteiger partial charge in [0, 0.05) is 5.41 Å². The molecule has 0 spiro atoms. The van der Waals surface area contributed by atoms with E-state index in [9.17, 15) is 15.3 Å². The first-order chi connectivity index (χ1) is 10.4. The highest BCUT2D eigenvalue weighted by Gasteiger charge is 2.61. The van der Waals surface area contributed by atoms with Crippen LogP contribution in [-0.4, -0.2) is 27.5 Å². The van der Waals surface area contributed by atoms with Crippen molar-refractivity contribution in [1.82, 2.24) is 0 Å². The maximum atomic E-state index is 10.9. The standard InChI is InChI=1S/C19H30O3/c1-18-7-5-12(20)9-11(18)10-15(21)17-13-3-4-16(22)19(13,2)8-6-14(17)18/h4,11-15,17,20-22H,3,5-10H2,1-2H3/t11-,12-,13-,14-,15-,17-,18-,19-/m0/s1. The van der Waals surface area contributed by atoms with Crippen molar-refractivity contribution in [2.24, 2.45) is 34.5 Å². The third kappa shape index (κ3) is 1.81. The molecule has 0 saturated heterocycles. The van der Waals surface area contributed by atoms with Crippen molar-refractivity contribution < 1.29 is 15.3 Å². The lowest BCUT2D eigenvalue weighted by Gasteiger charge is -2.61. The van der Waals surface area contributed by atoms with Crippen LogP contribution in [0, 0.1) is 34.5 Å². The van der Waals surface area contributed by atoms with Crippen LogP contribution in [0.25, 0.3) is 0 Å². The minimum atomic E-state index is -0.266. The van der Waals surface area contributed by atoms with Crippen LogP contribution in [0.4, 0.5) is 0 Å². The monoisotopic (exact) mass is 306 g/mol. The smallest absolute Gasteiger partial charge is 0.0944 e. The van der Waals surface area contributed by atoms with Crippen molar-refractivity contribution in [3.8, 4) is 0 Å². The summed E-state index contributed by atoms with van der Waals surface area (Å²) in [6.07, 6.45) is 8.33. The van der Waals surface area contributed by atoms with Crippen molar-refractivity contribution in [3.05, 3.63) is 11.8 Å². The Hall–Kier alpha value is -0.540. The summed E-state index contributed by atoms with van der Waals surface area (Å²) in [7, 11) is 0. The summed E-state index contributed by atoms with van der Waals surface area (Å²) in [5.74, 6) is 2.28. The van der Waals surface area contributed by atoms with Crippen LogP contribution < -0.4 is 0 Å². The molecule has 0 aromatic carbocycles. The topological polar surface area (TPSA) is 60.7 Å². The van der Waals surface area contributed by atoms with Gasteiger partial charge in [-0.15, -0.1) is 0 Å². The molecule has 22 heavy (non-hydrogen) atoms. The lowest BCUT2D eigenvalue weighted by molar-refractivity contribution is -0.168. The fourth-order valence-electron chi connectivity index (χ4n) is 6.75. The van der Waals surface area contributed by atoms with Gasteiger partial charge in [-0.25, -0.2) is 0 Å². The van der Waals surface area contributed by atoms with Gasteiger partial charge in [0.15, 0.2) is 0 Å². The molecule has 0 unspecified atom stereocenters. The van der Waals surface area contributed by atoms with Gasteiger partial charge in [-0.2, -0.15) is 0 Å². The van der Waals surface area contributed by atoms with Crippen LogP contribution in [0.5, 0.6) is 0 Å². The number of aliphatic hydroxyl groups is 3. The minimum absolute atomic E-state index is 0.112. The minimum Gasteiger partial charge on any atom is -0.512 e. The Balaban J connectivity index is 1.68. The second-order valence-electron chi connectivity index (χ2n) is 9.01. The highest BCUT2D eigenvalue weighted by Crippen LogP contribution is 2.65. The molecule has 4 aliphatic carbocycles. The van der Waals surface area contributed by atoms with Crippen molar-refractivity contribution >= 4 is 0 Å². The van der Waals surface area contributed by atoms with E-state index in [4.69, 9.17) is 0 Å². The largest absolute Gasteiger partial charge is 0.512 e. The zero-order valence-electron chi connectivity index (χ0n) is 13.8. The number of rotatable bonds is 0. The molecule has 3 saturated carbocycles. The molecule has 3 fully saturated rings. The predicted molar refractivity (Wildman–Crippen MR) is 85.2 cm³/mol. The molecule has 4 rings (SSSR count). The summed E-state index contributed by atoms with van der Waals surface area (Å²) in [6, 6.07) is 0. The molecule has 0 aromatic heterocycles. The number of hydrogen-bond donors (Lipinski definition) is 3. The first-order valence-corrected chi connectivity index (χ1v) is 9.12. The van der Waals surface area contributed by atoms with E-state index in [2.05, 4.69) is 13.8 Å². The molecule has 4 aliphatic rings. The van der Waals surface area contributed by atoms with Gasteiger partial charge in [0.1, 0.15) is 0 Å². The third-order valence-corrected chi connectivity index (χ3v) is 8.20. The average molecular weight is 306 g/mol. The lowest BCUT2D eigenvalue weighted by Crippen LogP contribution is -2.58. The van der Waals surface area contributed by atoms with Gasteiger partial charge in [-0.3, -0.25) is 0 Å². The van der Waals surface area contributed by atoms with Gasteiger partial charge in [0.05, 0.1) is 18.0 Å². The quantitative estimate of drug-likeness (QED) is 0.643. The van der Waals surface area contributed by atoms with Crippen molar-refractivity contribution in [2.45, 2.75) is 71.0 Å². The second kappa shape index (κ2) is 4.73. The maximum Gasteiger partial charge on any atom is 0.0944 e. The van der Waals surface area contributed by atoms with Gasteiger partial charge >= 0.3 is 0 Å². The molecule has 8 atom stereocenters. The summed E-state index contributed by atoms with van der Waals surface area (Å²) < 4.78 is 0. The summed E-state index contributed by atoms with van der Waals surface area (Å²) >= 11 is 0. The molecule has 0 heterocycles. The Morgan fingerprint density at radius 2 is 1.82 bits per heavy atom. The molecule has 0 amide bonds. The van der Waals surface area contributed by atoms with E-state index < -0.39 is 0 Å². The molecule has 3 N–H and O–H groups in total. The zero-order valence-corrected chi connectivity index (χ0v) is 13.8. The Kier molecular flexibility index (Phi) is 3.23. The van der Waals surface area contributed by atoms with Crippen molar-refractivity contribution in [1.29, 1.82) is 0 Å². The van der Waals surface area contributed by atoms with E-state index >= 15 is 0 Å². The second-order valence-corrected chi connectivity index (χ2v) is 9.01. The van der Waals surface area contributed by atoms with E-state index in [1.807, 2.05) is 6.08 Å². The van der Waals surface area contributed by atoms with Crippen molar-refractivity contribution in [2.75, 3.05) is 0 Å². The van der Waals surface area contributed by atoms with E-state index in [-0.39, 0.29) is 23.0 Å². The third-order valence-electron chi connectivity index (χ3n) is 8.20. The molecule has 3 nitrogen and oxygen atoms in total. The summed E-state index contributed by atoms with van der Waals surface area (Å²) in [4.78, 5) is 0. The van der Waals surface area contributed by atoms with Crippen LogP contribution in [-0.2, 0) is 0 Å². The highest BCUT2D eigenvalue weighted by atomic mass is 16.3. The van der Waals surface area contributed by atoms with Crippen LogP contribution >= 0.6 is 0 Å². The molecular formula is C19H30O3. The van der Waals surface area contributed by atoms with Gasteiger partial charge in [0.25, 0.3) is 0 Å². The molecule has 3 heteroatoms. The van der Waals surface area contributed by atoms with E-state index in [0.717, 1.165) is 44.9 Å². The lowest BCUT2D eigenvalue weighted by atomic mass is 9.44. The maximum absolute atomic E-state index is 10.9. The number of allylic oxidation sites excluding steroid dienone is 2. The van der Waals surface area contributed by atoms with Gasteiger partial charge in [0.2, 0.25) is 0 Å². The first-order valence-electron chi connectivity index (χ1n) is 9.12. The van der Waals surface area contributed by atoms with Gasteiger partial charge in [-0.05, 0) is 80.1 Å². The van der Waals surface area contributed by atoms with E-state index in [0.29, 0.717) is 29.4 Å². The molecule has 0 aromatic rings. The Labute approximate surface area is 133 Å². The van der Waals surface area contributed by atoms with E-state index in [1.165, 1.54) is 0 Å². The summed E-state index contributed by atoms with van der Waals surface area (Å²) in [6.45, 7) is 4.61. The van der Waals surface area contributed by atoms with E-state index in [1.54, 1.807) is 0 Å². The van der Waals surface area contributed by atoms with Crippen LogP contribution in [0.15, 0.2) is 11.8 Å². The number of hydrogen-bond acceptors (Lipinski definition) is 3. The number of aliphatic hydroxyl groups excluding tert-OH is 3. The first kappa shape index (κ1) is 15.0. The molecular weight excluding hydrogens is 276 g/mol. The molecule has 124 valence electrons. The fourth-order valence-corrected chi connectivity index (χ4v) is 6.75. The normalized spacial score (nSPS) is 57.5. The van der Waals surface area contributed by atoms with Crippen molar-refractivity contribution in [3.63, 3.8) is 0 Å². The fraction of sp³-hybridized carbons (Fsp3) is 0.895. The van der Waals surface area contributed by atoms with Crippen LogP contribution in [0.1, 0.15) is 58.8 Å². The summed E-state index contributed by atoms with van der Waals surface area (Å²) in [5, 5.41) is 31.3. The predicted octanol–water partition coefficient (Wildman–Crippen LogP) is 3.41. The zero-order chi connectivity index (χ0) is 15.7. The Bertz CT molecular complexity index is 501. The van der Waals surface area contributed by atoms with Crippen LogP contribution in [0.2, 0.25) is 0 Å². The molecule has 0 radical (unpaired) electrons. The Morgan fingerprint density at radius 3 is 2.59 bits per heavy atom. The molecule has 0 bridgehead atoms. The Morgan fingerprint density at radius 1 is 1.05 bits per heavy atom. The molecule has 0 aliphatic heterocycles.